The van der Waals surface area contributed by atoms with Crippen molar-refractivity contribution in [3.63, 3.8) is 0 Å². The van der Waals surface area contributed by atoms with Gasteiger partial charge in [0, 0.05) is 5.02 Å². The number of carbonyl (C=O) groups excluding carboxylic acids is 2. The lowest BCUT2D eigenvalue weighted by Gasteiger charge is -2.15. The Labute approximate surface area is 206 Å². The monoisotopic (exact) mass is 494 g/mol. The third kappa shape index (κ3) is 6.22. The van der Waals surface area contributed by atoms with E-state index >= 15 is 0 Å². The average molecular weight is 495 g/mol. The number of benzene rings is 3. The molecule has 0 aromatic heterocycles. The van der Waals surface area contributed by atoms with Crippen molar-refractivity contribution in [3.05, 3.63) is 105 Å². The quantitative estimate of drug-likeness (QED) is 0.352. The van der Waals surface area contributed by atoms with Gasteiger partial charge in [0.05, 0.1) is 11.3 Å². The third-order valence-electron chi connectivity index (χ3n) is 4.73. The van der Waals surface area contributed by atoms with E-state index in [1.807, 2.05) is 78.9 Å². The Bertz CT molecular complexity index is 1200. The number of thioether (sulfide) groups is 1. The summed E-state index contributed by atoms with van der Waals surface area (Å²) in [5, 5.41) is 1.81. The highest BCUT2D eigenvalue weighted by Crippen LogP contribution is 2.31. The van der Waals surface area contributed by atoms with E-state index in [4.69, 9.17) is 28.6 Å². The first-order valence-electron chi connectivity index (χ1n) is 10.1. The molecule has 1 N–H and O–H groups in total. The number of ether oxygens (including phenoxy) is 1. The van der Waals surface area contributed by atoms with Gasteiger partial charge in [0.25, 0.3) is 5.91 Å². The van der Waals surface area contributed by atoms with Crippen molar-refractivity contribution in [1.82, 2.24) is 10.4 Å². The first-order valence-corrected chi connectivity index (χ1v) is 11.7. The highest BCUT2D eigenvalue weighted by molar-refractivity contribution is 8.26. The second-order valence-electron chi connectivity index (χ2n) is 7.20. The first-order chi connectivity index (χ1) is 16.0. The molecule has 2 amide bonds. The summed E-state index contributed by atoms with van der Waals surface area (Å²) in [5.41, 5.74) is 5.30. The molecule has 3 aromatic carbocycles. The van der Waals surface area contributed by atoms with Crippen molar-refractivity contribution in [1.29, 1.82) is 0 Å². The minimum absolute atomic E-state index is 0.161. The summed E-state index contributed by atoms with van der Waals surface area (Å²) >= 11 is 12.3. The van der Waals surface area contributed by atoms with Gasteiger partial charge in [-0.05, 0) is 59.2 Å². The van der Waals surface area contributed by atoms with E-state index < -0.39 is 0 Å². The summed E-state index contributed by atoms with van der Waals surface area (Å²) < 4.78 is 6.08. The van der Waals surface area contributed by atoms with Crippen molar-refractivity contribution >= 4 is 57.8 Å². The Morgan fingerprint density at radius 1 is 1.00 bits per heavy atom. The number of carbonyl (C=O) groups is 2. The maximum Gasteiger partial charge on any atom is 0.285 e. The van der Waals surface area contributed by atoms with Crippen LogP contribution in [0.5, 0.6) is 5.75 Å². The third-order valence-corrected chi connectivity index (χ3v) is 6.29. The van der Waals surface area contributed by atoms with Crippen LogP contribution in [0.3, 0.4) is 0 Å². The number of hydrazine groups is 1. The topological polar surface area (TPSA) is 58.6 Å². The molecule has 4 rings (SSSR count). The van der Waals surface area contributed by atoms with Crippen LogP contribution < -0.4 is 10.2 Å². The number of nitrogens with one attached hydrogen (secondary N) is 1. The Balaban J connectivity index is 1.35. The molecule has 1 aliphatic heterocycles. The molecule has 0 saturated carbocycles. The Morgan fingerprint density at radius 2 is 1.70 bits per heavy atom. The predicted molar refractivity (Wildman–Crippen MR) is 136 cm³/mol. The number of rotatable bonds is 7. The molecule has 1 heterocycles. The maximum atomic E-state index is 12.8. The van der Waals surface area contributed by atoms with E-state index in [0.717, 1.165) is 33.5 Å². The van der Waals surface area contributed by atoms with Crippen molar-refractivity contribution in [3.8, 4) is 5.75 Å². The molecular weight excluding hydrogens is 476 g/mol. The highest BCUT2D eigenvalue weighted by Gasteiger charge is 2.33. The van der Waals surface area contributed by atoms with Gasteiger partial charge < -0.3 is 4.74 Å². The summed E-state index contributed by atoms with van der Waals surface area (Å²) in [6.07, 6.45) is 1.90. The highest BCUT2D eigenvalue weighted by atomic mass is 35.5. The molecule has 8 heteroatoms. The summed E-state index contributed by atoms with van der Waals surface area (Å²) in [7, 11) is 0. The zero-order valence-corrected chi connectivity index (χ0v) is 19.8. The average Bonchev–Trinajstić information content (AvgIpc) is 3.07. The molecule has 1 aliphatic rings. The van der Waals surface area contributed by atoms with Gasteiger partial charge in [0.2, 0.25) is 5.91 Å². The van der Waals surface area contributed by atoms with Crippen LogP contribution in [0.2, 0.25) is 5.02 Å². The van der Waals surface area contributed by atoms with Crippen molar-refractivity contribution in [2.24, 2.45) is 0 Å². The van der Waals surface area contributed by atoms with Gasteiger partial charge in [0.15, 0.2) is 4.32 Å². The van der Waals surface area contributed by atoms with Gasteiger partial charge in [-0.2, -0.15) is 5.01 Å². The second-order valence-corrected chi connectivity index (χ2v) is 9.31. The van der Waals surface area contributed by atoms with Gasteiger partial charge in [-0.25, -0.2) is 0 Å². The minimum Gasteiger partial charge on any atom is -0.489 e. The standard InChI is InChI=1S/C25H19ClN2O3S2/c26-20-10-6-19(7-11-20)16-31-21-12-8-18(9-13-21)14-22-24(30)28(25(32)33-22)27-23(29)15-17-4-2-1-3-5-17/h1-14H,15-16H2,(H,27,29)/b22-14-. The van der Waals surface area contributed by atoms with Gasteiger partial charge in [0.1, 0.15) is 12.4 Å². The minimum atomic E-state index is -0.352. The largest absolute Gasteiger partial charge is 0.489 e. The first kappa shape index (κ1) is 23.0. The fraction of sp³-hybridized carbons (Fsp3) is 0.0800. The molecular formula is C25H19ClN2O3S2. The lowest BCUT2D eigenvalue weighted by Crippen LogP contribution is -2.45. The predicted octanol–water partition coefficient (Wildman–Crippen LogP) is 5.39. The van der Waals surface area contributed by atoms with Crippen LogP contribution in [0.25, 0.3) is 6.08 Å². The molecule has 0 unspecified atom stereocenters. The summed E-state index contributed by atoms with van der Waals surface area (Å²) in [5.74, 6) is 0.0539. The number of thiocarbonyl (C=S) groups is 1. The fourth-order valence-corrected chi connectivity index (χ4v) is 4.37. The van der Waals surface area contributed by atoms with E-state index in [2.05, 4.69) is 5.43 Å². The van der Waals surface area contributed by atoms with Gasteiger partial charge in [-0.15, -0.1) is 0 Å². The maximum absolute atomic E-state index is 12.8. The van der Waals surface area contributed by atoms with E-state index in [-0.39, 0.29) is 22.6 Å². The van der Waals surface area contributed by atoms with Crippen molar-refractivity contribution < 1.29 is 14.3 Å². The normalized spacial score (nSPS) is 14.6. The number of hydrogen-bond donors (Lipinski definition) is 1. The molecule has 0 aliphatic carbocycles. The molecule has 0 atom stereocenters. The number of nitrogens with zero attached hydrogens (tertiary/aromatic N) is 1. The lowest BCUT2D eigenvalue weighted by atomic mass is 10.1. The van der Waals surface area contributed by atoms with E-state index in [0.29, 0.717) is 22.3 Å². The Hall–Kier alpha value is -3.13. The van der Waals surface area contributed by atoms with Crippen molar-refractivity contribution in [2.75, 3.05) is 0 Å². The number of hydrogen-bond acceptors (Lipinski definition) is 5. The summed E-state index contributed by atoms with van der Waals surface area (Å²) in [4.78, 5) is 25.5. The zero-order chi connectivity index (χ0) is 23.2. The molecule has 166 valence electrons. The van der Waals surface area contributed by atoms with Crippen LogP contribution in [0.4, 0.5) is 0 Å². The summed E-state index contributed by atoms with van der Waals surface area (Å²) in [6, 6.07) is 24.2. The molecule has 5 nitrogen and oxygen atoms in total. The van der Waals surface area contributed by atoms with Crippen LogP contribution in [-0.4, -0.2) is 21.1 Å². The second kappa shape index (κ2) is 10.7. The SMILES string of the molecule is O=C(Cc1ccccc1)NN1C(=O)/C(=C/c2ccc(OCc3ccc(Cl)cc3)cc2)SC1=S. The number of halogens is 1. The Kier molecular flexibility index (Phi) is 7.44. The van der Waals surface area contributed by atoms with Gasteiger partial charge in [-0.3, -0.25) is 15.0 Å². The van der Waals surface area contributed by atoms with Crippen LogP contribution in [0.15, 0.2) is 83.8 Å². The summed E-state index contributed by atoms with van der Waals surface area (Å²) in [6.45, 7) is 0.428. The van der Waals surface area contributed by atoms with Gasteiger partial charge in [-0.1, -0.05) is 78.0 Å². The molecule has 0 radical (unpaired) electrons. The lowest BCUT2D eigenvalue weighted by molar-refractivity contribution is -0.132. The number of amides is 2. The van der Waals surface area contributed by atoms with Gasteiger partial charge >= 0.3 is 0 Å². The fourth-order valence-electron chi connectivity index (χ4n) is 3.07. The zero-order valence-electron chi connectivity index (χ0n) is 17.4. The van der Waals surface area contributed by atoms with E-state index in [1.54, 1.807) is 6.08 Å². The molecule has 0 bridgehead atoms. The van der Waals surface area contributed by atoms with Crippen LogP contribution in [0.1, 0.15) is 16.7 Å². The molecule has 33 heavy (non-hydrogen) atoms. The van der Waals surface area contributed by atoms with Crippen LogP contribution >= 0.6 is 35.6 Å². The smallest absolute Gasteiger partial charge is 0.285 e. The molecule has 1 fully saturated rings. The molecule has 3 aromatic rings. The Morgan fingerprint density at radius 3 is 2.39 bits per heavy atom. The van der Waals surface area contributed by atoms with E-state index in [1.165, 1.54) is 0 Å². The van der Waals surface area contributed by atoms with Crippen LogP contribution in [0, 0.1) is 0 Å². The molecule has 0 spiro atoms. The molecule has 1 saturated heterocycles. The van der Waals surface area contributed by atoms with Crippen LogP contribution in [-0.2, 0) is 22.6 Å². The van der Waals surface area contributed by atoms with E-state index in [9.17, 15) is 9.59 Å². The van der Waals surface area contributed by atoms with Crippen molar-refractivity contribution in [2.45, 2.75) is 13.0 Å².